The van der Waals surface area contributed by atoms with Crippen molar-refractivity contribution in [3.63, 3.8) is 0 Å². The molecule has 0 unspecified atom stereocenters. The van der Waals surface area contributed by atoms with Crippen LogP contribution in [0.15, 0.2) is 24.4 Å². The summed E-state index contributed by atoms with van der Waals surface area (Å²) in [4.78, 5) is 12.1. The van der Waals surface area contributed by atoms with Crippen LogP contribution in [0, 0.1) is 19.3 Å². The SMILES string of the molecule is Cc1ccc2c(c1)c(C)cn2CC(=O)C(C)(C)C. The van der Waals surface area contributed by atoms with Crippen molar-refractivity contribution in [2.24, 2.45) is 5.41 Å². The number of aryl methyl sites for hydroxylation is 2. The lowest BCUT2D eigenvalue weighted by molar-refractivity contribution is -0.126. The monoisotopic (exact) mass is 243 g/mol. The van der Waals surface area contributed by atoms with E-state index in [1.54, 1.807) is 0 Å². The fraction of sp³-hybridized carbons (Fsp3) is 0.438. The van der Waals surface area contributed by atoms with Gasteiger partial charge in [-0.1, -0.05) is 32.4 Å². The lowest BCUT2D eigenvalue weighted by Crippen LogP contribution is -2.24. The lowest BCUT2D eigenvalue weighted by Gasteiger charge is -2.17. The van der Waals surface area contributed by atoms with Crippen LogP contribution in [0.4, 0.5) is 0 Å². The molecule has 2 rings (SSSR count). The number of hydrogen-bond donors (Lipinski definition) is 0. The summed E-state index contributed by atoms with van der Waals surface area (Å²) in [6.07, 6.45) is 2.08. The number of benzene rings is 1. The number of Topliss-reactive ketones (excluding diaryl/α,β-unsaturated/α-hetero) is 1. The van der Waals surface area contributed by atoms with Gasteiger partial charge in [-0.05, 0) is 31.5 Å². The van der Waals surface area contributed by atoms with E-state index in [0.29, 0.717) is 6.54 Å². The number of ketones is 1. The summed E-state index contributed by atoms with van der Waals surface area (Å²) in [6, 6.07) is 6.39. The van der Waals surface area contributed by atoms with E-state index in [-0.39, 0.29) is 11.2 Å². The summed E-state index contributed by atoms with van der Waals surface area (Å²) < 4.78 is 2.07. The first-order valence-corrected chi connectivity index (χ1v) is 6.38. The second-order valence-corrected chi connectivity index (χ2v) is 6.13. The Morgan fingerprint density at radius 1 is 1.22 bits per heavy atom. The molecule has 0 saturated heterocycles. The molecule has 0 spiro atoms. The van der Waals surface area contributed by atoms with Gasteiger partial charge in [0.05, 0.1) is 6.54 Å². The van der Waals surface area contributed by atoms with Gasteiger partial charge in [0.25, 0.3) is 0 Å². The second kappa shape index (κ2) is 4.27. The molecular weight excluding hydrogens is 222 g/mol. The normalized spacial score (nSPS) is 12.1. The van der Waals surface area contributed by atoms with Crippen LogP contribution in [-0.4, -0.2) is 10.4 Å². The summed E-state index contributed by atoms with van der Waals surface area (Å²) in [5, 5.41) is 1.25. The summed E-state index contributed by atoms with van der Waals surface area (Å²) in [6.45, 7) is 10.6. The molecule has 0 saturated carbocycles. The van der Waals surface area contributed by atoms with Crippen LogP contribution in [0.1, 0.15) is 31.9 Å². The van der Waals surface area contributed by atoms with Crippen LogP contribution in [0.3, 0.4) is 0 Å². The van der Waals surface area contributed by atoms with Gasteiger partial charge in [0, 0.05) is 22.5 Å². The first-order valence-electron chi connectivity index (χ1n) is 6.38. The van der Waals surface area contributed by atoms with Crippen molar-refractivity contribution in [3.8, 4) is 0 Å². The maximum absolute atomic E-state index is 12.1. The molecule has 18 heavy (non-hydrogen) atoms. The number of hydrogen-bond acceptors (Lipinski definition) is 1. The summed E-state index contributed by atoms with van der Waals surface area (Å²) in [5.41, 5.74) is 3.35. The van der Waals surface area contributed by atoms with E-state index in [2.05, 4.69) is 42.8 Å². The third-order valence-electron chi connectivity index (χ3n) is 3.39. The average Bonchev–Trinajstić information content (AvgIpc) is 2.54. The van der Waals surface area contributed by atoms with E-state index in [9.17, 15) is 4.79 Å². The molecule has 0 N–H and O–H groups in total. The summed E-state index contributed by atoms with van der Waals surface area (Å²) >= 11 is 0. The average molecular weight is 243 g/mol. The van der Waals surface area contributed by atoms with Crippen LogP contribution < -0.4 is 0 Å². The molecule has 2 nitrogen and oxygen atoms in total. The highest BCUT2D eigenvalue weighted by Gasteiger charge is 2.22. The first-order chi connectivity index (χ1) is 8.29. The predicted octanol–water partition coefficient (Wildman–Crippen LogP) is 3.87. The minimum absolute atomic E-state index is 0.264. The van der Waals surface area contributed by atoms with E-state index in [1.807, 2.05) is 20.8 Å². The van der Waals surface area contributed by atoms with Crippen LogP contribution in [0.5, 0.6) is 0 Å². The van der Waals surface area contributed by atoms with Gasteiger partial charge in [0.1, 0.15) is 0 Å². The Bertz CT molecular complexity index is 599. The highest BCUT2D eigenvalue weighted by atomic mass is 16.1. The minimum atomic E-state index is -0.283. The number of rotatable bonds is 2. The number of nitrogens with zero attached hydrogens (tertiary/aromatic N) is 1. The quantitative estimate of drug-likeness (QED) is 0.784. The van der Waals surface area contributed by atoms with E-state index < -0.39 is 0 Å². The molecule has 0 radical (unpaired) electrons. The molecule has 2 aromatic rings. The van der Waals surface area contributed by atoms with Crippen molar-refractivity contribution in [2.75, 3.05) is 0 Å². The zero-order chi connectivity index (χ0) is 13.5. The predicted molar refractivity (Wildman–Crippen MR) is 75.9 cm³/mol. The third-order valence-corrected chi connectivity index (χ3v) is 3.39. The Labute approximate surface area is 109 Å². The second-order valence-electron chi connectivity index (χ2n) is 6.13. The molecule has 0 bridgehead atoms. The standard InChI is InChI=1S/C16H21NO/c1-11-6-7-14-13(8-11)12(2)9-17(14)10-15(18)16(3,4)5/h6-9H,10H2,1-5H3. The Balaban J connectivity index is 2.44. The minimum Gasteiger partial charge on any atom is -0.340 e. The van der Waals surface area contributed by atoms with Crippen molar-refractivity contribution in [1.82, 2.24) is 4.57 Å². The van der Waals surface area contributed by atoms with Crippen molar-refractivity contribution < 1.29 is 4.79 Å². The van der Waals surface area contributed by atoms with Gasteiger partial charge in [-0.3, -0.25) is 4.79 Å². The molecule has 2 heteroatoms. The maximum Gasteiger partial charge on any atom is 0.157 e. The molecule has 1 aromatic heterocycles. The van der Waals surface area contributed by atoms with Gasteiger partial charge in [0.15, 0.2) is 5.78 Å². The van der Waals surface area contributed by atoms with E-state index in [4.69, 9.17) is 0 Å². The van der Waals surface area contributed by atoms with Crippen LogP contribution in [0.2, 0.25) is 0 Å². The van der Waals surface area contributed by atoms with Gasteiger partial charge >= 0.3 is 0 Å². The largest absolute Gasteiger partial charge is 0.340 e. The molecule has 0 aliphatic carbocycles. The number of carbonyl (C=O) groups is 1. The molecule has 96 valence electrons. The molecule has 0 aliphatic rings. The molecule has 1 aromatic carbocycles. The smallest absolute Gasteiger partial charge is 0.157 e. The highest BCUT2D eigenvalue weighted by molar-refractivity contribution is 5.88. The fourth-order valence-electron chi connectivity index (χ4n) is 2.11. The number of fused-ring (bicyclic) bond motifs is 1. The maximum atomic E-state index is 12.1. The van der Waals surface area contributed by atoms with Crippen LogP contribution in [-0.2, 0) is 11.3 Å². The summed E-state index contributed by atoms with van der Waals surface area (Å²) in [5.74, 6) is 0.264. The van der Waals surface area contributed by atoms with E-state index in [0.717, 1.165) is 5.52 Å². The van der Waals surface area contributed by atoms with Gasteiger partial charge < -0.3 is 4.57 Å². The zero-order valence-corrected chi connectivity index (χ0v) is 11.9. The molecule has 0 amide bonds. The van der Waals surface area contributed by atoms with Crippen LogP contribution >= 0.6 is 0 Å². The van der Waals surface area contributed by atoms with Crippen LogP contribution in [0.25, 0.3) is 10.9 Å². The van der Waals surface area contributed by atoms with Crippen molar-refractivity contribution in [3.05, 3.63) is 35.5 Å². The highest BCUT2D eigenvalue weighted by Crippen LogP contribution is 2.24. The molecule has 0 aliphatic heterocycles. The van der Waals surface area contributed by atoms with Crippen molar-refractivity contribution in [2.45, 2.75) is 41.2 Å². The van der Waals surface area contributed by atoms with Gasteiger partial charge in [0.2, 0.25) is 0 Å². The Morgan fingerprint density at radius 3 is 2.50 bits per heavy atom. The Kier molecular flexibility index (Phi) is 3.05. The Hall–Kier alpha value is -1.57. The van der Waals surface area contributed by atoms with E-state index >= 15 is 0 Å². The number of aromatic nitrogens is 1. The number of carbonyl (C=O) groups excluding carboxylic acids is 1. The van der Waals surface area contributed by atoms with Gasteiger partial charge in [-0.2, -0.15) is 0 Å². The molecule has 0 fully saturated rings. The van der Waals surface area contributed by atoms with Crippen molar-refractivity contribution >= 4 is 16.7 Å². The topological polar surface area (TPSA) is 22.0 Å². The molecule has 1 heterocycles. The van der Waals surface area contributed by atoms with Gasteiger partial charge in [-0.15, -0.1) is 0 Å². The molecule has 0 atom stereocenters. The third kappa shape index (κ3) is 2.33. The summed E-state index contributed by atoms with van der Waals surface area (Å²) in [7, 11) is 0. The van der Waals surface area contributed by atoms with Crippen molar-refractivity contribution in [1.29, 1.82) is 0 Å². The van der Waals surface area contributed by atoms with Gasteiger partial charge in [-0.25, -0.2) is 0 Å². The zero-order valence-electron chi connectivity index (χ0n) is 11.9. The molecular formula is C16H21NO. The lowest BCUT2D eigenvalue weighted by atomic mass is 9.91. The van der Waals surface area contributed by atoms with E-state index in [1.165, 1.54) is 16.5 Å². The Morgan fingerprint density at radius 2 is 1.89 bits per heavy atom. The fourth-order valence-corrected chi connectivity index (χ4v) is 2.11. The first kappa shape index (κ1) is 12.9.